The molecule has 110 valence electrons. The number of para-hydroxylation sites is 1. The SMILES string of the molecule is O=C(Nc1ccccc1C(F)(F)F)c1c(O)cccc1O. The zero-order valence-corrected chi connectivity index (χ0v) is 10.5. The first kappa shape index (κ1) is 14.7. The van der Waals surface area contributed by atoms with Crippen LogP contribution in [0.2, 0.25) is 0 Å². The molecule has 0 unspecified atom stereocenters. The topological polar surface area (TPSA) is 69.6 Å². The van der Waals surface area contributed by atoms with Gasteiger partial charge in [-0.1, -0.05) is 18.2 Å². The van der Waals surface area contributed by atoms with Crippen LogP contribution in [0.1, 0.15) is 15.9 Å². The third kappa shape index (κ3) is 3.07. The van der Waals surface area contributed by atoms with Gasteiger partial charge in [-0.05, 0) is 24.3 Å². The highest BCUT2D eigenvalue weighted by Gasteiger charge is 2.33. The van der Waals surface area contributed by atoms with Crippen molar-refractivity contribution in [1.82, 2.24) is 0 Å². The van der Waals surface area contributed by atoms with E-state index in [4.69, 9.17) is 0 Å². The largest absolute Gasteiger partial charge is 0.507 e. The smallest absolute Gasteiger partial charge is 0.418 e. The van der Waals surface area contributed by atoms with Crippen LogP contribution in [-0.2, 0) is 6.18 Å². The highest BCUT2D eigenvalue weighted by Crippen LogP contribution is 2.35. The summed E-state index contributed by atoms with van der Waals surface area (Å²) >= 11 is 0. The summed E-state index contributed by atoms with van der Waals surface area (Å²) in [6.45, 7) is 0. The summed E-state index contributed by atoms with van der Waals surface area (Å²) in [5.41, 5.74) is -1.97. The van der Waals surface area contributed by atoms with Crippen molar-refractivity contribution < 1.29 is 28.2 Å². The summed E-state index contributed by atoms with van der Waals surface area (Å²) in [4.78, 5) is 11.9. The fraction of sp³-hybridized carbons (Fsp3) is 0.0714. The van der Waals surface area contributed by atoms with Crippen LogP contribution >= 0.6 is 0 Å². The van der Waals surface area contributed by atoms with Gasteiger partial charge in [0.15, 0.2) is 0 Å². The zero-order valence-electron chi connectivity index (χ0n) is 10.5. The van der Waals surface area contributed by atoms with Gasteiger partial charge in [-0.3, -0.25) is 4.79 Å². The van der Waals surface area contributed by atoms with E-state index in [9.17, 15) is 28.2 Å². The summed E-state index contributed by atoms with van der Waals surface area (Å²) < 4.78 is 38.4. The van der Waals surface area contributed by atoms with Crippen molar-refractivity contribution >= 4 is 11.6 Å². The van der Waals surface area contributed by atoms with Crippen molar-refractivity contribution in [1.29, 1.82) is 0 Å². The number of phenolic OH excluding ortho intramolecular Hbond substituents is 2. The molecule has 0 saturated carbocycles. The van der Waals surface area contributed by atoms with Crippen LogP contribution in [0, 0.1) is 0 Å². The van der Waals surface area contributed by atoms with Gasteiger partial charge in [-0.15, -0.1) is 0 Å². The quantitative estimate of drug-likeness (QED) is 0.796. The number of alkyl halides is 3. The van der Waals surface area contributed by atoms with Gasteiger partial charge in [0, 0.05) is 0 Å². The second kappa shape index (κ2) is 5.35. The molecule has 21 heavy (non-hydrogen) atoms. The Hall–Kier alpha value is -2.70. The Labute approximate surface area is 117 Å². The number of carbonyl (C=O) groups is 1. The lowest BCUT2D eigenvalue weighted by molar-refractivity contribution is -0.136. The molecule has 2 aromatic carbocycles. The maximum Gasteiger partial charge on any atom is 0.418 e. The van der Waals surface area contributed by atoms with Crippen molar-refractivity contribution in [3.63, 3.8) is 0 Å². The number of aromatic hydroxyl groups is 2. The van der Waals surface area contributed by atoms with E-state index in [0.717, 1.165) is 24.3 Å². The predicted octanol–water partition coefficient (Wildman–Crippen LogP) is 3.37. The molecule has 4 nitrogen and oxygen atoms in total. The molecule has 0 radical (unpaired) electrons. The average Bonchev–Trinajstić information content (AvgIpc) is 2.37. The number of phenols is 2. The van der Waals surface area contributed by atoms with Crippen molar-refractivity contribution in [3.8, 4) is 11.5 Å². The predicted molar refractivity (Wildman–Crippen MR) is 69.2 cm³/mol. The number of nitrogens with one attached hydrogen (secondary N) is 1. The third-order valence-corrected chi connectivity index (χ3v) is 2.73. The monoisotopic (exact) mass is 297 g/mol. The van der Waals surface area contributed by atoms with Crippen LogP contribution < -0.4 is 5.32 Å². The number of anilines is 1. The molecule has 3 N–H and O–H groups in total. The molecule has 0 aliphatic carbocycles. The Balaban J connectivity index is 2.38. The normalized spacial score (nSPS) is 11.2. The minimum absolute atomic E-state index is 0.461. The molecule has 0 saturated heterocycles. The lowest BCUT2D eigenvalue weighted by Crippen LogP contribution is -2.16. The fourth-order valence-corrected chi connectivity index (χ4v) is 1.79. The third-order valence-electron chi connectivity index (χ3n) is 2.73. The van der Waals surface area contributed by atoms with E-state index < -0.39 is 40.4 Å². The van der Waals surface area contributed by atoms with Crippen LogP contribution in [0.15, 0.2) is 42.5 Å². The van der Waals surface area contributed by atoms with Gasteiger partial charge in [0.25, 0.3) is 5.91 Å². The molecule has 7 heteroatoms. The molecule has 0 aliphatic heterocycles. The molecule has 2 rings (SSSR count). The number of hydrogen-bond acceptors (Lipinski definition) is 3. The number of hydrogen-bond donors (Lipinski definition) is 3. The second-order valence-corrected chi connectivity index (χ2v) is 4.17. The van der Waals surface area contributed by atoms with Crippen LogP contribution in [0.25, 0.3) is 0 Å². The van der Waals surface area contributed by atoms with Gasteiger partial charge in [0.2, 0.25) is 0 Å². The molecule has 0 aliphatic rings. The van der Waals surface area contributed by atoms with Gasteiger partial charge >= 0.3 is 6.18 Å². The molecular formula is C14H10F3NO3. The molecule has 0 bridgehead atoms. The van der Waals surface area contributed by atoms with E-state index in [-0.39, 0.29) is 0 Å². The molecule has 2 aromatic rings. The summed E-state index contributed by atoms with van der Waals surface area (Å²) in [6.07, 6.45) is -4.63. The van der Waals surface area contributed by atoms with Gasteiger partial charge in [0.1, 0.15) is 17.1 Å². The maximum atomic E-state index is 12.8. The molecule has 0 fully saturated rings. The van der Waals surface area contributed by atoms with Crippen LogP contribution in [0.3, 0.4) is 0 Å². The van der Waals surface area contributed by atoms with E-state index in [0.29, 0.717) is 0 Å². The van der Waals surface area contributed by atoms with E-state index in [1.165, 1.54) is 18.2 Å². The molecule has 1 amide bonds. The summed E-state index contributed by atoms with van der Waals surface area (Å²) in [5, 5.41) is 21.1. The van der Waals surface area contributed by atoms with E-state index in [2.05, 4.69) is 0 Å². The van der Waals surface area contributed by atoms with Crippen molar-refractivity contribution in [3.05, 3.63) is 53.6 Å². The van der Waals surface area contributed by atoms with Gasteiger partial charge in [-0.25, -0.2) is 0 Å². The Kier molecular flexibility index (Phi) is 3.75. The lowest BCUT2D eigenvalue weighted by Gasteiger charge is -2.14. The lowest BCUT2D eigenvalue weighted by atomic mass is 10.1. The first-order valence-electron chi connectivity index (χ1n) is 5.79. The average molecular weight is 297 g/mol. The summed E-state index contributed by atoms with van der Waals surface area (Å²) in [7, 11) is 0. The highest BCUT2D eigenvalue weighted by molar-refractivity contribution is 6.08. The highest BCUT2D eigenvalue weighted by atomic mass is 19.4. The van der Waals surface area contributed by atoms with Crippen molar-refractivity contribution in [2.24, 2.45) is 0 Å². The van der Waals surface area contributed by atoms with Crippen LogP contribution in [0.4, 0.5) is 18.9 Å². The van der Waals surface area contributed by atoms with E-state index in [1.807, 2.05) is 5.32 Å². The molecule has 0 atom stereocenters. The van der Waals surface area contributed by atoms with Crippen LogP contribution in [-0.4, -0.2) is 16.1 Å². The summed E-state index contributed by atoms with van der Waals surface area (Å²) in [5.74, 6) is -2.10. The van der Waals surface area contributed by atoms with E-state index >= 15 is 0 Å². The molecule has 0 spiro atoms. The maximum absolute atomic E-state index is 12.8. The minimum atomic E-state index is -4.63. The second-order valence-electron chi connectivity index (χ2n) is 4.17. The molecule has 0 aromatic heterocycles. The Morgan fingerprint density at radius 3 is 2.10 bits per heavy atom. The Morgan fingerprint density at radius 1 is 0.952 bits per heavy atom. The number of carbonyl (C=O) groups excluding carboxylic acids is 1. The first-order valence-corrected chi connectivity index (χ1v) is 5.79. The molecule has 0 heterocycles. The standard InChI is InChI=1S/C14H10F3NO3/c15-14(16,17)8-4-1-2-5-9(8)18-13(21)12-10(19)6-3-7-11(12)20/h1-7,19-20H,(H,18,21). The Bertz CT molecular complexity index is 663. The van der Waals surface area contributed by atoms with Gasteiger partial charge < -0.3 is 15.5 Å². The van der Waals surface area contributed by atoms with Crippen molar-refractivity contribution in [2.45, 2.75) is 6.18 Å². The number of benzene rings is 2. The number of amides is 1. The Morgan fingerprint density at radius 2 is 1.52 bits per heavy atom. The zero-order chi connectivity index (χ0) is 15.6. The number of halogens is 3. The van der Waals surface area contributed by atoms with Gasteiger partial charge in [0.05, 0.1) is 11.3 Å². The number of rotatable bonds is 2. The fourth-order valence-electron chi connectivity index (χ4n) is 1.79. The van der Waals surface area contributed by atoms with E-state index in [1.54, 1.807) is 0 Å². The van der Waals surface area contributed by atoms with Crippen LogP contribution in [0.5, 0.6) is 11.5 Å². The summed E-state index contributed by atoms with van der Waals surface area (Å²) in [6, 6.07) is 8.00. The molecular weight excluding hydrogens is 287 g/mol. The van der Waals surface area contributed by atoms with Gasteiger partial charge in [-0.2, -0.15) is 13.2 Å². The van der Waals surface area contributed by atoms with Crippen molar-refractivity contribution in [2.75, 3.05) is 5.32 Å². The minimum Gasteiger partial charge on any atom is -0.507 e. The first-order chi connectivity index (χ1) is 9.80.